The van der Waals surface area contributed by atoms with Gasteiger partial charge in [-0.1, -0.05) is 50.8 Å². The fourth-order valence-electron chi connectivity index (χ4n) is 2.87. The number of halogens is 1. The van der Waals surface area contributed by atoms with Crippen molar-refractivity contribution in [3.05, 3.63) is 71.2 Å². The minimum Gasteiger partial charge on any atom is -0.494 e. The quantitative estimate of drug-likeness (QED) is 0.326. The van der Waals surface area contributed by atoms with E-state index in [-0.39, 0.29) is 11.6 Å². The number of carbonyl (C=O) groups excluding carboxylic acids is 1. The highest BCUT2D eigenvalue weighted by molar-refractivity contribution is 6.12. The Morgan fingerprint density at radius 3 is 2.61 bits per heavy atom. The monoisotopic (exact) mass is 381 g/mol. The van der Waals surface area contributed by atoms with Crippen LogP contribution in [0.1, 0.15) is 50.2 Å². The Morgan fingerprint density at radius 2 is 1.86 bits per heavy atom. The van der Waals surface area contributed by atoms with Crippen molar-refractivity contribution in [2.75, 3.05) is 6.61 Å². The number of ether oxygens (including phenoxy) is 2. The van der Waals surface area contributed by atoms with E-state index in [0.717, 1.165) is 17.7 Å². The molecule has 0 atom stereocenters. The molecule has 1 aliphatic heterocycles. The van der Waals surface area contributed by atoms with Gasteiger partial charge in [0.1, 0.15) is 11.6 Å². The first-order chi connectivity index (χ1) is 13.7. The summed E-state index contributed by atoms with van der Waals surface area (Å²) in [7, 11) is 0. The predicted molar refractivity (Wildman–Crippen MR) is 108 cm³/mol. The molecule has 0 saturated carbocycles. The van der Waals surface area contributed by atoms with E-state index >= 15 is 0 Å². The van der Waals surface area contributed by atoms with E-state index in [4.69, 9.17) is 9.47 Å². The predicted octanol–water partition coefficient (Wildman–Crippen LogP) is 5.52. The van der Waals surface area contributed by atoms with E-state index in [9.17, 15) is 9.18 Å². The highest BCUT2D eigenvalue weighted by atomic mass is 19.1. The Hall–Kier alpha value is -2.95. The minimum absolute atomic E-state index is 0.110. The van der Waals surface area contributed by atoms with Crippen LogP contribution in [-0.4, -0.2) is 18.5 Å². The second-order valence-corrected chi connectivity index (χ2v) is 6.68. The molecule has 0 radical (unpaired) electrons. The summed E-state index contributed by atoms with van der Waals surface area (Å²) >= 11 is 0. The number of carbonyl (C=O) groups is 1. The van der Waals surface area contributed by atoms with Gasteiger partial charge < -0.3 is 9.47 Å². The lowest BCUT2D eigenvalue weighted by atomic mass is 10.1. The van der Waals surface area contributed by atoms with E-state index in [2.05, 4.69) is 11.9 Å². The molecule has 2 aromatic rings. The number of rotatable bonds is 9. The maximum atomic E-state index is 13.3. The van der Waals surface area contributed by atoms with Crippen LogP contribution in [-0.2, 0) is 9.53 Å². The SMILES string of the molecule is CCCCCCCOc1ccc(/C=C2\N=C(c3cccc(F)c3)OC2=O)cc1. The molecule has 1 heterocycles. The lowest BCUT2D eigenvalue weighted by Crippen LogP contribution is -2.05. The number of benzene rings is 2. The van der Waals surface area contributed by atoms with Crippen LogP contribution in [0.3, 0.4) is 0 Å². The zero-order chi connectivity index (χ0) is 19.8. The van der Waals surface area contributed by atoms with Crippen LogP contribution in [0.25, 0.3) is 6.08 Å². The van der Waals surface area contributed by atoms with Crippen LogP contribution in [0.4, 0.5) is 4.39 Å². The first kappa shape index (κ1) is 19.8. The van der Waals surface area contributed by atoms with Gasteiger partial charge in [0.25, 0.3) is 0 Å². The summed E-state index contributed by atoms with van der Waals surface area (Å²) in [6, 6.07) is 13.3. The lowest BCUT2D eigenvalue weighted by Gasteiger charge is -2.06. The highest BCUT2D eigenvalue weighted by Gasteiger charge is 2.24. The maximum Gasteiger partial charge on any atom is 0.363 e. The van der Waals surface area contributed by atoms with Gasteiger partial charge >= 0.3 is 5.97 Å². The van der Waals surface area contributed by atoms with E-state index in [1.165, 1.54) is 37.8 Å². The van der Waals surface area contributed by atoms with Crippen molar-refractivity contribution in [3.63, 3.8) is 0 Å². The fourth-order valence-corrected chi connectivity index (χ4v) is 2.87. The Bertz CT molecular complexity index is 872. The molecule has 3 rings (SSSR count). The average molecular weight is 381 g/mol. The first-order valence-electron chi connectivity index (χ1n) is 9.67. The summed E-state index contributed by atoms with van der Waals surface area (Å²) in [4.78, 5) is 16.2. The Labute approximate surface area is 164 Å². The molecule has 1 aliphatic rings. The molecular weight excluding hydrogens is 357 g/mol. The normalized spacial score (nSPS) is 14.9. The molecular formula is C23H24FNO3. The van der Waals surface area contributed by atoms with E-state index in [1.807, 2.05) is 24.3 Å². The second kappa shape index (κ2) is 9.83. The molecule has 0 amide bonds. The number of cyclic esters (lactones) is 1. The van der Waals surface area contributed by atoms with Crippen molar-refractivity contribution in [1.29, 1.82) is 0 Å². The Kier molecular flexibility index (Phi) is 6.95. The molecule has 0 saturated heterocycles. The fraction of sp³-hybridized carbons (Fsp3) is 0.304. The van der Waals surface area contributed by atoms with Gasteiger partial charge in [-0.25, -0.2) is 14.2 Å². The van der Waals surface area contributed by atoms with Crippen LogP contribution in [0.15, 0.2) is 59.2 Å². The molecule has 0 spiro atoms. The molecule has 0 bridgehead atoms. The van der Waals surface area contributed by atoms with Crippen LogP contribution < -0.4 is 4.74 Å². The molecule has 0 aliphatic carbocycles. The second-order valence-electron chi connectivity index (χ2n) is 6.68. The summed E-state index contributed by atoms with van der Waals surface area (Å²) in [5.41, 5.74) is 1.43. The van der Waals surface area contributed by atoms with Crippen molar-refractivity contribution in [3.8, 4) is 5.75 Å². The van der Waals surface area contributed by atoms with Gasteiger partial charge in [-0.3, -0.25) is 0 Å². The first-order valence-corrected chi connectivity index (χ1v) is 9.67. The number of hydrogen-bond acceptors (Lipinski definition) is 4. The maximum absolute atomic E-state index is 13.3. The average Bonchev–Trinajstić information content (AvgIpc) is 3.06. The zero-order valence-electron chi connectivity index (χ0n) is 16.0. The molecule has 28 heavy (non-hydrogen) atoms. The van der Waals surface area contributed by atoms with Crippen LogP contribution in [0.5, 0.6) is 5.75 Å². The molecule has 0 aromatic heterocycles. The molecule has 0 fully saturated rings. The molecule has 0 unspecified atom stereocenters. The summed E-state index contributed by atoms with van der Waals surface area (Å²) in [6.07, 6.45) is 7.64. The van der Waals surface area contributed by atoms with Crippen molar-refractivity contribution in [2.24, 2.45) is 4.99 Å². The highest BCUT2D eigenvalue weighted by Crippen LogP contribution is 2.21. The van der Waals surface area contributed by atoms with Crippen molar-refractivity contribution in [2.45, 2.75) is 39.0 Å². The van der Waals surface area contributed by atoms with Crippen molar-refractivity contribution in [1.82, 2.24) is 0 Å². The Balaban J connectivity index is 1.59. The van der Waals surface area contributed by atoms with Gasteiger partial charge in [0.2, 0.25) is 5.90 Å². The Morgan fingerprint density at radius 1 is 1.07 bits per heavy atom. The number of nitrogens with zero attached hydrogens (tertiary/aromatic N) is 1. The minimum atomic E-state index is -0.549. The third-order valence-corrected chi connectivity index (χ3v) is 4.39. The van der Waals surface area contributed by atoms with Gasteiger partial charge in [-0.15, -0.1) is 0 Å². The molecule has 4 nitrogen and oxygen atoms in total. The van der Waals surface area contributed by atoms with E-state index in [1.54, 1.807) is 18.2 Å². The summed E-state index contributed by atoms with van der Waals surface area (Å²) in [5, 5.41) is 0. The standard InChI is InChI=1S/C23H24FNO3/c1-2-3-4-5-6-14-27-20-12-10-17(11-13-20)15-21-23(26)28-22(25-21)18-8-7-9-19(24)16-18/h7-13,15-16H,2-6,14H2,1H3/b21-15-. The van der Waals surface area contributed by atoms with Gasteiger partial charge in [-0.2, -0.15) is 0 Å². The van der Waals surface area contributed by atoms with Gasteiger partial charge in [0, 0.05) is 5.56 Å². The van der Waals surface area contributed by atoms with E-state index < -0.39 is 11.8 Å². The number of unbranched alkanes of at least 4 members (excludes halogenated alkanes) is 4. The van der Waals surface area contributed by atoms with Gasteiger partial charge in [0.05, 0.1) is 6.61 Å². The largest absolute Gasteiger partial charge is 0.494 e. The molecule has 2 aromatic carbocycles. The lowest BCUT2D eigenvalue weighted by molar-refractivity contribution is -0.129. The van der Waals surface area contributed by atoms with Crippen LogP contribution in [0.2, 0.25) is 0 Å². The third-order valence-electron chi connectivity index (χ3n) is 4.39. The summed E-state index contributed by atoms with van der Waals surface area (Å²) < 4.78 is 24.2. The number of hydrogen-bond donors (Lipinski definition) is 0. The molecule has 146 valence electrons. The summed E-state index contributed by atoms with van der Waals surface area (Å²) in [5.74, 6) is -0.0457. The van der Waals surface area contributed by atoms with Gasteiger partial charge in [0.15, 0.2) is 5.70 Å². The number of esters is 1. The topological polar surface area (TPSA) is 47.9 Å². The van der Waals surface area contributed by atoms with Crippen LogP contribution >= 0.6 is 0 Å². The van der Waals surface area contributed by atoms with Crippen molar-refractivity contribution >= 4 is 17.9 Å². The van der Waals surface area contributed by atoms with Crippen LogP contribution in [0, 0.1) is 5.82 Å². The number of aliphatic imine (C=N–C) groups is 1. The van der Waals surface area contributed by atoms with E-state index in [0.29, 0.717) is 12.2 Å². The molecule has 5 heteroatoms. The summed E-state index contributed by atoms with van der Waals surface area (Å²) in [6.45, 7) is 2.91. The molecule has 0 N–H and O–H groups in total. The smallest absolute Gasteiger partial charge is 0.363 e. The van der Waals surface area contributed by atoms with Gasteiger partial charge in [-0.05, 0) is 48.4 Å². The zero-order valence-corrected chi connectivity index (χ0v) is 16.0. The third kappa shape index (κ3) is 5.52. The van der Waals surface area contributed by atoms with Crippen molar-refractivity contribution < 1.29 is 18.7 Å².